The normalized spacial score (nSPS) is 9.85. The van der Waals surface area contributed by atoms with Crippen LogP contribution in [0.5, 0.6) is 0 Å². The molecular formula is C15H10ClFN2O. The average molecular weight is 289 g/mol. The number of rotatable bonds is 3. The second-order valence-electron chi connectivity index (χ2n) is 4.12. The molecule has 0 unspecified atom stereocenters. The topological polar surface area (TPSA) is 52.9 Å². The zero-order valence-electron chi connectivity index (χ0n) is 10.4. The minimum atomic E-state index is -0.436. The van der Waals surface area contributed by atoms with Gasteiger partial charge in [0.05, 0.1) is 17.7 Å². The van der Waals surface area contributed by atoms with Crippen LogP contribution in [0, 0.1) is 17.1 Å². The third-order valence-corrected chi connectivity index (χ3v) is 2.92. The molecule has 0 aliphatic rings. The molecule has 20 heavy (non-hydrogen) atoms. The first-order chi connectivity index (χ1) is 9.60. The Labute approximate surface area is 120 Å². The number of hydrogen-bond donors (Lipinski definition) is 1. The number of nitrogens with zero attached hydrogens (tertiary/aromatic N) is 1. The average Bonchev–Trinajstić information content (AvgIpc) is 2.41. The molecule has 0 aliphatic carbocycles. The van der Waals surface area contributed by atoms with Crippen molar-refractivity contribution in [3.63, 3.8) is 0 Å². The summed E-state index contributed by atoms with van der Waals surface area (Å²) in [5, 5.41) is 11.9. The van der Waals surface area contributed by atoms with Crippen molar-refractivity contribution in [3.8, 4) is 6.07 Å². The Kier molecular flexibility index (Phi) is 4.34. The van der Waals surface area contributed by atoms with Crippen LogP contribution in [0.4, 0.5) is 10.1 Å². The van der Waals surface area contributed by atoms with E-state index in [0.717, 1.165) is 0 Å². The summed E-state index contributed by atoms with van der Waals surface area (Å²) < 4.78 is 13.4. The van der Waals surface area contributed by atoms with Crippen LogP contribution in [-0.2, 0) is 11.2 Å². The van der Waals surface area contributed by atoms with Gasteiger partial charge in [-0.15, -0.1) is 0 Å². The lowest BCUT2D eigenvalue weighted by atomic mass is 10.1. The fraction of sp³-hybridized carbons (Fsp3) is 0.0667. The number of hydrogen-bond acceptors (Lipinski definition) is 2. The minimum Gasteiger partial charge on any atom is -0.325 e. The molecule has 0 fully saturated rings. The molecule has 100 valence electrons. The molecule has 5 heteroatoms. The summed E-state index contributed by atoms with van der Waals surface area (Å²) in [4.78, 5) is 11.9. The molecule has 0 atom stereocenters. The van der Waals surface area contributed by atoms with Gasteiger partial charge in [-0.1, -0.05) is 29.8 Å². The van der Waals surface area contributed by atoms with Crippen LogP contribution in [0.25, 0.3) is 0 Å². The number of halogens is 2. The van der Waals surface area contributed by atoms with E-state index in [-0.39, 0.29) is 6.42 Å². The molecule has 0 spiro atoms. The molecule has 0 saturated carbocycles. The van der Waals surface area contributed by atoms with Crippen molar-refractivity contribution in [2.45, 2.75) is 6.42 Å². The molecule has 1 N–H and O–H groups in total. The molecular weight excluding hydrogens is 279 g/mol. The molecule has 3 nitrogen and oxygen atoms in total. The molecule has 0 saturated heterocycles. The molecule has 0 aliphatic heterocycles. The maximum atomic E-state index is 13.4. The molecule has 2 aromatic carbocycles. The first-order valence-corrected chi connectivity index (χ1v) is 6.21. The van der Waals surface area contributed by atoms with Crippen LogP contribution in [0.15, 0.2) is 42.5 Å². The van der Waals surface area contributed by atoms with Gasteiger partial charge < -0.3 is 5.32 Å². The van der Waals surface area contributed by atoms with E-state index in [0.29, 0.717) is 21.8 Å². The van der Waals surface area contributed by atoms with Crippen molar-refractivity contribution < 1.29 is 9.18 Å². The largest absolute Gasteiger partial charge is 0.325 e. The van der Waals surface area contributed by atoms with Crippen molar-refractivity contribution in [1.29, 1.82) is 5.26 Å². The lowest BCUT2D eigenvalue weighted by molar-refractivity contribution is -0.115. The number of carbonyl (C=O) groups excluding carboxylic acids is 1. The van der Waals surface area contributed by atoms with Crippen LogP contribution in [0.1, 0.15) is 11.1 Å². The zero-order chi connectivity index (χ0) is 14.5. The highest BCUT2D eigenvalue weighted by atomic mass is 35.5. The van der Waals surface area contributed by atoms with Gasteiger partial charge in [0.25, 0.3) is 0 Å². The van der Waals surface area contributed by atoms with Crippen LogP contribution in [0.3, 0.4) is 0 Å². The number of nitriles is 1. The van der Waals surface area contributed by atoms with E-state index >= 15 is 0 Å². The van der Waals surface area contributed by atoms with E-state index < -0.39 is 11.7 Å². The maximum absolute atomic E-state index is 13.4. The van der Waals surface area contributed by atoms with Gasteiger partial charge in [-0.3, -0.25) is 4.79 Å². The van der Waals surface area contributed by atoms with Gasteiger partial charge in [0, 0.05) is 5.02 Å². The second-order valence-corrected chi connectivity index (χ2v) is 4.55. The van der Waals surface area contributed by atoms with E-state index in [2.05, 4.69) is 5.32 Å². The zero-order valence-corrected chi connectivity index (χ0v) is 11.1. The van der Waals surface area contributed by atoms with Crippen molar-refractivity contribution >= 4 is 23.2 Å². The summed E-state index contributed by atoms with van der Waals surface area (Å²) in [5.41, 5.74) is 0.920. The summed E-state index contributed by atoms with van der Waals surface area (Å²) in [6.45, 7) is 0. The Hall–Kier alpha value is -2.38. The van der Waals surface area contributed by atoms with Crippen LogP contribution in [0.2, 0.25) is 5.02 Å². The van der Waals surface area contributed by atoms with Gasteiger partial charge in [-0.25, -0.2) is 4.39 Å². The first-order valence-electron chi connectivity index (χ1n) is 5.83. The second kappa shape index (κ2) is 6.18. The third kappa shape index (κ3) is 3.34. The quantitative estimate of drug-likeness (QED) is 0.939. The Morgan fingerprint density at radius 3 is 2.75 bits per heavy atom. The van der Waals surface area contributed by atoms with Gasteiger partial charge >= 0.3 is 0 Å². The standard InChI is InChI=1S/C15H10ClFN2O/c16-12-6-5-11(9-18)14(8-12)19-15(20)7-10-3-1-2-4-13(10)17/h1-6,8H,7H2,(H,19,20). The van der Waals surface area contributed by atoms with E-state index in [1.54, 1.807) is 18.2 Å². The van der Waals surface area contributed by atoms with Gasteiger partial charge in [0.2, 0.25) is 5.91 Å². The summed E-state index contributed by atoms with van der Waals surface area (Å²) in [7, 11) is 0. The number of anilines is 1. The smallest absolute Gasteiger partial charge is 0.228 e. The summed E-state index contributed by atoms with van der Waals surface area (Å²) in [6, 6.07) is 12.6. The van der Waals surface area contributed by atoms with Gasteiger partial charge in [0.1, 0.15) is 11.9 Å². The molecule has 0 radical (unpaired) electrons. The lowest BCUT2D eigenvalue weighted by Crippen LogP contribution is -2.16. The monoisotopic (exact) mass is 288 g/mol. The first kappa shape index (κ1) is 14.0. The van der Waals surface area contributed by atoms with E-state index in [9.17, 15) is 9.18 Å². The Morgan fingerprint density at radius 1 is 1.30 bits per heavy atom. The predicted octanol–water partition coefficient (Wildman–Crippen LogP) is 3.53. The Balaban J connectivity index is 2.15. The van der Waals surface area contributed by atoms with Gasteiger partial charge in [-0.2, -0.15) is 5.26 Å². The van der Waals surface area contributed by atoms with E-state index in [4.69, 9.17) is 16.9 Å². The van der Waals surface area contributed by atoms with Gasteiger partial charge in [0.15, 0.2) is 0 Å². The Bertz CT molecular complexity index is 695. The fourth-order valence-corrected chi connectivity index (χ4v) is 1.90. The Morgan fingerprint density at radius 2 is 2.05 bits per heavy atom. The summed E-state index contributed by atoms with van der Waals surface area (Å²) in [6.07, 6.45) is -0.107. The van der Waals surface area contributed by atoms with Crippen LogP contribution < -0.4 is 5.32 Å². The minimum absolute atomic E-state index is 0.107. The number of benzene rings is 2. The highest BCUT2D eigenvalue weighted by molar-refractivity contribution is 6.31. The molecule has 0 aromatic heterocycles. The van der Waals surface area contributed by atoms with Crippen molar-refractivity contribution in [3.05, 3.63) is 64.4 Å². The van der Waals surface area contributed by atoms with Crippen LogP contribution >= 0.6 is 11.6 Å². The summed E-state index contributed by atoms with van der Waals surface area (Å²) in [5.74, 6) is -0.844. The third-order valence-electron chi connectivity index (χ3n) is 2.69. The maximum Gasteiger partial charge on any atom is 0.228 e. The van der Waals surface area contributed by atoms with E-state index in [1.165, 1.54) is 24.3 Å². The number of nitrogens with one attached hydrogen (secondary N) is 1. The molecule has 2 rings (SSSR count). The predicted molar refractivity (Wildman–Crippen MR) is 74.9 cm³/mol. The molecule has 0 heterocycles. The highest BCUT2D eigenvalue weighted by Crippen LogP contribution is 2.20. The van der Waals surface area contributed by atoms with Gasteiger partial charge in [-0.05, 0) is 29.8 Å². The molecule has 0 bridgehead atoms. The summed E-state index contributed by atoms with van der Waals surface area (Å²) >= 11 is 5.82. The SMILES string of the molecule is N#Cc1ccc(Cl)cc1NC(=O)Cc1ccccc1F. The lowest BCUT2D eigenvalue weighted by Gasteiger charge is -2.08. The molecule has 2 aromatic rings. The van der Waals surface area contributed by atoms with Crippen molar-refractivity contribution in [2.75, 3.05) is 5.32 Å². The van der Waals surface area contributed by atoms with Crippen LogP contribution in [-0.4, -0.2) is 5.91 Å². The number of amides is 1. The van der Waals surface area contributed by atoms with E-state index in [1.807, 2.05) is 6.07 Å². The van der Waals surface area contributed by atoms with Crippen molar-refractivity contribution in [2.24, 2.45) is 0 Å². The van der Waals surface area contributed by atoms with Crippen molar-refractivity contribution in [1.82, 2.24) is 0 Å². The fourth-order valence-electron chi connectivity index (χ4n) is 1.73. The number of carbonyl (C=O) groups is 1. The molecule has 1 amide bonds. The highest BCUT2D eigenvalue weighted by Gasteiger charge is 2.10.